The predicted molar refractivity (Wildman–Crippen MR) is 143 cm³/mol. The third-order valence-corrected chi connectivity index (χ3v) is 6.97. The fraction of sp³-hybridized carbons (Fsp3) is 0.300. The molecule has 0 radical (unpaired) electrons. The van der Waals surface area contributed by atoms with Crippen molar-refractivity contribution >= 4 is 11.8 Å². The normalized spacial score (nSPS) is 17.0. The minimum Gasteiger partial charge on any atom is -0.405 e. The molecule has 1 aliphatic rings. The Kier molecular flexibility index (Phi) is 8.93. The number of piperidine rings is 1. The maximum absolute atomic E-state index is 14.7. The molecule has 2 unspecified atom stereocenters. The largest absolute Gasteiger partial charge is 0.573 e. The van der Waals surface area contributed by atoms with Gasteiger partial charge in [0, 0.05) is 56.8 Å². The van der Waals surface area contributed by atoms with Crippen LogP contribution < -0.4 is 10.1 Å². The quantitative estimate of drug-likeness (QED) is 0.340. The van der Waals surface area contributed by atoms with Crippen LogP contribution in [0.15, 0.2) is 66.7 Å². The maximum Gasteiger partial charge on any atom is 0.573 e. The molecule has 0 saturated carbocycles. The molecule has 1 saturated heterocycles. The molecule has 0 spiro atoms. The zero-order chi connectivity index (χ0) is 29.7. The molecular weight excluding hydrogens is 540 g/mol. The number of likely N-dealkylation sites (N-methyl/N-ethyl adjacent to an activating group) is 1. The molecule has 214 valence electrons. The molecule has 3 aromatic carbocycles. The summed E-state index contributed by atoms with van der Waals surface area (Å²) in [6, 6.07) is 18.7. The summed E-state index contributed by atoms with van der Waals surface area (Å²) in [6.07, 6.45) is -4.50. The van der Waals surface area contributed by atoms with Gasteiger partial charge in [0.15, 0.2) is 0 Å². The van der Waals surface area contributed by atoms with Crippen LogP contribution in [0.3, 0.4) is 0 Å². The van der Waals surface area contributed by atoms with Gasteiger partial charge >= 0.3 is 18.2 Å². The lowest BCUT2D eigenvalue weighted by Crippen LogP contribution is -2.52. The first kappa shape index (κ1) is 29.6. The molecule has 3 aromatic rings. The van der Waals surface area contributed by atoms with Gasteiger partial charge < -0.3 is 19.9 Å². The van der Waals surface area contributed by atoms with Crippen molar-refractivity contribution in [3.63, 3.8) is 0 Å². The fourth-order valence-corrected chi connectivity index (χ4v) is 4.91. The lowest BCUT2D eigenvalue weighted by molar-refractivity contribution is -0.274. The number of likely N-dealkylation sites (tertiary alicyclic amines) is 1. The number of hydrogen-bond donors (Lipinski definition) is 1. The predicted octanol–water partition coefficient (Wildman–Crippen LogP) is 4.83. The lowest BCUT2D eigenvalue weighted by atomic mass is 9.85. The second-order valence-corrected chi connectivity index (χ2v) is 9.92. The van der Waals surface area contributed by atoms with E-state index in [1.165, 1.54) is 48.2 Å². The number of alkyl halides is 3. The molecule has 11 heteroatoms. The maximum atomic E-state index is 14.7. The standard InChI is InChI=1S/C30H28F4N4O3/c1-37(2)28(39)29(40)38-13-12-26(24(18-38)20-6-4-3-5-7-20)36-17-22-15-21(9-11-27(22)41-30(32,33)34)23-10-8-19(16-35)14-25(23)31/h3-11,14-15,24,26,36H,12-13,17-18H2,1-2H3. The van der Waals surface area contributed by atoms with E-state index in [1.807, 2.05) is 36.4 Å². The number of benzene rings is 3. The third-order valence-electron chi connectivity index (χ3n) is 6.97. The van der Waals surface area contributed by atoms with Crippen LogP contribution in [0.25, 0.3) is 11.1 Å². The molecule has 2 amide bonds. The van der Waals surface area contributed by atoms with Crippen molar-refractivity contribution in [2.45, 2.75) is 31.3 Å². The molecule has 1 heterocycles. The Bertz CT molecular complexity index is 1450. The van der Waals surface area contributed by atoms with Crippen molar-refractivity contribution < 1.29 is 31.9 Å². The smallest absolute Gasteiger partial charge is 0.405 e. The summed E-state index contributed by atoms with van der Waals surface area (Å²) in [5, 5.41) is 12.3. The van der Waals surface area contributed by atoms with Crippen LogP contribution in [0.4, 0.5) is 17.6 Å². The van der Waals surface area contributed by atoms with Crippen molar-refractivity contribution in [2.75, 3.05) is 27.2 Å². The van der Waals surface area contributed by atoms with Gasteiger partial charge in [-0.25, -0.2) is 4.39 Å². The summed E-state index contributed by atoms with van der Waals surface area (Å²) < 4.78 is 58.6. The van der Waals surface area contributed by atoms with Gasteiger partial charge in [0.2, 0.25) is 0 Å². The Labute approximate surface area is 234 Å². The topological polar surface area (TPSA) is 85.7 Å². The Hall–Kier alpha value is -4.43. The highest BCUT2D eigenvalue weighted by atomic mass is 19.4. The van der Waals surface area contributed by atoms with E-state index in [2.05, 4.69) is 10.1 Å². The Morgan fingerprint density at radius 2 is 1.83 bits per heavy atom. The van der Waals surface area contributed by atoms with Crippen LogP contribution in [0, 0.1) is 17.1 Å². The Morgan fingerprint density at radius 1 is 1.10 bits per heavy atom. The number of carbonyl (C=O) groups excluding carboxylic acids is 2. The number of amides is 2. The van der Waals surface area contributed by atoms with Crippen LogP contribution in [0.2, 0.25) is 0 Å². The van der Waals surface area contributed by atoms with Gasteiger partial charge in [0.1, 0.15) is 11.6 Å². The number of rotatable bonds is 6. The molecule has 41 heavy (non-hydrogen) atoms. The van der Waals surface area contributed by atoms with Gasteiger partial charge in [-0.3, -0.25) is 9.59 Å². The van der Waals surface area contributed by atoms with Gasteiger partial charge in [-0.05, 0) is 41.8 Å². The number of nitrogens with one attached hydrogen (secondary N) is 1. The van der Waals surface area contributed by atoms with E-state index in [4.69, 9.17) is 5.26 Å². The fourth-order valence-electron chi connectivity index (χ4n) is 4.91. The summed E-state index contributed by atoms with van der Waals surface area (Å²) in [5.41, 5.74) is 1.62. The molecule has 7 nitrogen and oxygen atoms in total. The number of nitrogens with zero attached hydrogens (tertiary/aromatic N) is 3. The van der Waals surface area contributed by atoms with Gasteiger partial charge in [-0.2, -0.15) is 5.26 Å². The average Bonchev–Trinajstić information content (AvgIpc) is 2.95. The van der Waals surface area contributed by atoms with E-state index in [-0.39, 0.29) is 48.3 Å². The Balaban J connectivity index is 1.62. The van der Waals surface area contributed by atoms with E-state index in [1.54, 1.807) is 0 Å². The SMILES string of the molecule is CN(C)C(=O)C(=O)N1CCC(NCc2cc(-c3ccc(C#N)cc3F)ccc2OC(F)(F)F)C(c2ccccc2)C1. The van der Waals surface area contributed by atoms with Crippen molar-refractivity contribution in [3.8, 4) is 22.9 Å². The molecule has 2 atom stereocenters. The summed E-state index contributed by atoms with van der Waals surface area (Å²) in [4.78, 5) is 27.8. The lowest BCUT2D eigenvalue weighted by Gasteiger charge is -2.39. The van der Waals surface area contributed by atoms with Crippen LogP contribution in [0.1, 0.15) is 29.0 Å². The average molecular weight is 569 g/mol. The number of halogens is 4. The molecule has 0 bridgehead atoms. The minimum absolute atomic E-state index is 0.0459. The van der Waals surface area contributed by atoms with Gasteiger partial charge in [0.25, 0.3) is 0 Å². The van der Waals surface area contributed by atoms with Crippen LogP contribution in [-0.2, 0) is 16.1 Å². The zero-order valence-electron chi connectivity index (χ0n) is 22.4. The highest BCUT2D eigenvalue weighted by Crippen LogP contribution is 2.33. The van der Waals surface area contributed by atoms with Crippen LogP contribution in [-0.4, -0.2) is 61.2 Å². The highest BCUT2D eigenvalue weighted by molar-refractivity contribution is 6.34. The van der Waals surface area contributed by atoms with Crippen molar-refractivity contribution in [1.29, 1.82) is 5.26 Å². The first-order chi connectivity index (χ1) is 19.5. The number of ether oxygens (including phenoxy) is 1. The molecule has 1 aliphatic heterocycles. The van der Waals surface area contributed by atoms with E-state index >= 15 is 0 Å². The molecule has 1 fully saturated rings. The van der Waals surface area contributed by atoms with Gasteiger partial charge in [-0.1, -0.05) is 42.5 Å². The monoisotopic (exact) mass is 568 g/mol. The van der Waals surface area contributed by atoms with Crippen LogP contribution >= 0.6 is 0 Å². The van der Waals surface area contributed by atoms with E-state index in [0.29, 0.717) is 12.0 Å². The molecule has 1 N–H and O–H groups in total. The summed E-state index contributed by atoms with van der Waals surface area (Å²) in [6.45, 7) is 0.472. The van der Waals surface area contributed by atoms with Crippen molar-refractivity contribution in [2.24, 2.45) is 0 Å². The molecule has 4 rings (SSSR count). The first-order valence-corrected chi connectivity index (χ1v) is 12.8. The second kappa shape index (κ2) is 12.4. The highest BCUT2D eigenvalue weighted by Gasteiger charge is 2.36. The zero-order valence-corrected chi connectivity index (χ0v) is 22.4. The summed E-state index contributed by atoms with van der Waals surface area (Å²) in [7, 11) is 3.00. The Morgan fingerprint density at radius 3 is 2.46 bits per heavy atom. The second-order valence-electron chi connectivity index (χ2n) is 9.92. The first-order valence-electron chi connectivity index (χ1n) is 12.8. The number of carbonyl (C=O) groups is 2. The van der Waals surface area contributed by atoms with Gasteiger partial charge in [0.05, 0.1) is 11.6 Å². The third kappa shape index (κ3) is 7.21. The minimum atomic E-state index is -4.94. The van der Waals surface area contributed by atoms with Gasteiger partial charge in [-0.15, -0.1) is 13.2 Å². The number of hydrogen-bond acceptors (Lipinski definition) is 5. The number of nitriles is 1. The molecule has 0 aromatic heterocycles. The summed E-state index contributed by atoms with van der Waals surface area (Å²) >= 11 is 0. The molecular formula is C30H28F4N4O3. The van der Waals surface area contributed by atoms with E-state index in [0.717, 1.165) is 17.7 Å². The van der Waals surface area contributed by atoms with Crippen molar-refractivity contribution in [1.82, 2.24) is 15.1 Å². The van der Waals surface area contributed by atoms with E-state index in [9.17, 15) is 27.2 Å². The summed E-state index contributed by atoms with van der Waals surface area (Å²) in [5.74, 6) is -2.62. The van der Waals surface area contributed by atoms with Crippen molar-refractivity contribution in [3.05, 3.63) is 89.2 Å². The van der Waals surface area contributed by atoms with E-state index < -0.39 is 29.7 Å². The molecule has 0 aliphatic carbocycles. The van der Waals surface area contributed by atoms with Crippen LogP contribution in [0.5, 0.6) is 5.75 Å².